The summed E-state index contributed by atoms with van der Waals surface area (Å²) in [7, 11) is -1.92. The van der Waals surface area contributed by atoms with Crippen LogP contribution in [-0.4, -0.2) is 34.7 Å². The Morgan fingerprint density at radius 3 is 2.64 bits per heavy atom. The second-order valence-electron chi connectivity index (χ2n) is 6.64. The minimum absolute atomic E-state index is 0.289. The first-order valence-electron chi connectivity index (χ1n) is 8.81. The number of pyridine rings is 1. The zero-order valence-corrected chi connectivity index (χ0v) is 17.2. The van der Waals surface area contributed by atoms with Gasteiger partial charge in [-0.25, -0.2) is 13.4 Å². The van der Waals surface area contributed by atoms with E-state index < -0.39 is 10.0 Å². The number of nitrogens with one attached hydrogen (secondary N) is 1. The summed E-state index contributed by atoms with van der Waals surface area (Å²) in [6.45, 7) is 2.28. The molecule has 144 valence electrons. The van der Waals surface area contributed by atoms with Crippen LogP contribution in [0.4, 0.5) is 0 Å². The van der Waals surface area contributed by atoms with Gasteiger partial charge in [0, 0.05) is 31.1 Å². The van der Waals surface area contributed by atoms with E-state index in [0.29, 0.717) is 13.0 Å². The van der Waals surface area contributed by atoms with Crippen molar-refractivity contribution < 1.29 is 8.42 Å². The lowest BCUT2D eigenvalue weighted by Crippen LogP contribution is -2.26. The van der Waals surface area contributed by atoms with Crippen molar-refractivity contribution in [1.29, 1.82) is 0 Å². The molecule has 0 saturated carbocycles. The Morgan fingerprint density at radius 1 is 1.14 bits per heavy atom. The molecule has 0 aliphatic heterocycles. The highest BCUT2D eigenvalue weighted by Crippen LogP contribution is 2.21. The standard InChI is InChI=1S/C20H20N4O2S2/c1-14-22-18-9-10-21-19(20(18)23-14)12-15-5-7-17(8-6-15)28(25,26)24(2)13-16-4-3-11-27-16/h3-11H,12-13H2,1-2H3,(H,22,23). The van der Waals surface area contributed by atoms with Crippen LogP contribution in [0.2, 0.25) is 0 Å². The van der Waals surface area contributed by atoms with Gasteiger partial charge in [0.15, 0.2) is 0 Å². The molecule has 4 aromatic rings. The third kappa shape index (κ3) is 3.71. The topological polar surface area (TPSA) is 79.0 Å². The van der Waals surface area contributed by atoms with Crippen molar-refractivity contribution in [3.05, 3.63) is 76.0 Å². The zero-order chi connectivity index (χ0) is 19.7. The van der Waals surface area contributed by atoms with Crippen molar-refractivity contribution in [3.63, 3.8) is 0 Å². The predicted octanol–water partition coefficient (Wildman–Crippen LogP) is 3.74. The van der Waals surface area contributed by atoms with Crippen LogP contribution in [0.15, 0.2) is 58.9 Å². The third-order valence-corrected chi connectivity index (χ3v) is 7.24. The fourth-order valence-corrected chi connectivity index (χ4v) is 5.09. The molecule has 0 fully saturated rings. The third-order valence-electron chi connectivity index (χ3n) is 4.56. The molecule has 0 spiro atoms. The van der Waals surface area contributed by atoms with Gasteiger partial charge in [0.05, 0.1) is 16.1 Å². The number of fused-ring (bicyclic) bond motifs is 1. The van der Waals surface area contributed by atoms with Gasteiger partial charge in [-0.05, 0) is 42.1 Å². The van der Waals surface area contributed by atoms with Crippen LogP contribution in [0.3, 0.4) is 0 Å². The van der Waals surface area contributed by atoms with Crippen LogP contribution in [0.5, 0.6) is 0 Å². The number of nitrogens with zero attached hydrogens (tertiary/aromatic N) is 3. The molecule has 3 aromatic heterocycles. The molecule has 8 heteroatoms. The fraction of sp³-hybridized carbons (Fsp3) is 0.200. The lowest BCUT2D eigenvalue weighted by Gasteiger charge is -2.16. The number of H-pyrrole nitrogens is 1. The van der Waals surface area contributed by atoms with Gasteiger partial charge in [0.2, 0.25) is 10.0 Å². The lowest BCUT2D eigenvalue weighted by molar-refractivity contribution is 0.469. The van der Waals surface area contributed by atoms with Gasteiger partial charge in [0.25, 0.3) is 0 Å². The summed E-state index contributed by atoms with van der Waals surface area (Å²) in [6, 6.07) is 12.8. The predicted molar refractivity (Wildman–Crippen MR) is 111 cm³/mol. The minimum atomic E-state index is -3.53. The quantitative estimate of drug-likeness (QED) is 0.523. The Labute approximate surface area is 167 Å². The van der Waals surface area contributed by atoms with Crippen LogP contribution in [-0.2, 0) is 23.0 Å². The molecule has 0 saturated heterocycles. The van der Waals surface area contributed by atoms with Crippen molar-refractivity contribution >= 4 is 32.4 Å². The molecule has 0 bridgehead atoms. The molecule has 28 heavy (non-hydrogen) atoms. The van der Waals surface area contributed by atoms with E-state index in [1.165, 1.54) is 4.31 Å². The maximum absolute atomic E-state index is 12.8. The summed E-state index contributed by atoms with van der Waals surface area (Å²) >= 11 is 1.55. The molecule has 1 aromatic carbocycles. The first-order chi connectivity index (χ1) is 13.4. The molecule has 0 atom stereocenters. The van der Waals surface area contributed by atoms with Gasteiger partial charge in [-0.15, -0.1) is 11.3 Å². The molecular weight excluding hydrogens is 392 g/mol. The average Bonchev–Trinajstić information content (AvgIpc) is 3.31. The molecule has 1 N–H and O–H groups in total. The second kappa shape index (κ2) is 7.46. The lowest BCUT2D eigenvalue weighted by atomic mass is 10.1. The Kier molecular flexibility index (Phi) is 5.01. The van der Waals surface area contributed by atoms with E-state index in [2.05, 4.69) is 15.0 Å². The normalized spacial score (nSPS) is 12.1. The summed E-state index contributed by atoms with van der Waals surface area (Å²) in [5.74, 6) is 0.847. The van der Waals surface area contributed by atoms with E-state index in [9.17, 15) is 8.42 Å². The summed E-state index contributed by atoms with van der Waals surface area (Å²) in [4.78, 5) is 13.5. The van der Waals surface area contributed by atoms with E-state index in [1.807, 2.05) is 42.6 Å². The maximum Gasteiger partial charge on any atom is 0.243 e. The van der Waals surface area contributed by atoms with Gasteiger partial charge in [-0.2, -0.15) is 4.31 Å². The van der Waals surface area contributed by atoms with Crippen molar-refractivity contribution in [2.45, 2.75) is 24.8 Å². The van der Waals surface area contributed by atoms with E-state index in [-0.39, 0.29) is 4.90 Å². The molecule has 4 rings (SSSR count). The highest BCUT2D eigenvalue weighted by atomic mass is 32.2. The summed E-state index contributed by atoms with van der Waals surface area (Å²) in [6.07, 6.45) is 2.35. The monoisotopic (exact) mass is 412 g/mol. The molecule has 0 radical (unpaired) electrons. The molecule has 6 nitrogen and oxygen atoms in total. The van der Waals surface area contributed by atoms with E-state index in [1.54, 1.807) is 36.7 Å². The number of thiophene rings is 1. The van der Waals surface area contributed by atoms with Gasteiger partial charge in [0.1, 0.15) is 11.3 Å². The van der Waals surface area contributed by atoms with Crippen molar-refractivity contribution in [2.24, 2.45) is 0 Å². The zero-order valence-electron chi connectivity index (χ0n) is 15.6. The largest absolute Gasteiger partial charge is 0.342 e. The molecule has 0 amide bonds. The molecule has 0 aliphatic rings. The maximum atomic E-state index is 12.8. The molecule has 3 heterocycles. The average molecular weight is 413 g/mol. The number of aryl methyl sites for hydroxylation is 1. The highest BCUT2D eigenvalue weighted by molar-refractivity contribution is 7.89. The summed E-state index contributed by atoms with van der Waals surface area (Å²) < 4.78 is 27.0. The number of rotatable bonds is 6. The van der Waals surface area contributed by atoms with Crippen LogP contribution in [0.1, 0.15) is 22.0 Å². The van der Waals surface area contributed by atoms with Crippen LogP contribution in [0, 0.1) is 6.92 Å². The summed E-state index contributed by atoms with van der Waals surface area (Å²) in [5.41, 5.74) is 3.66. The number of sulfonamides is 1. The summed E-state index contributed by atoms with van der Waals surface area (Å²) in [5, 5.41) is 1.94. The molecule has 0 unspecified atom stereocenters. The Morgan fingerprint density at radius 2 is 1.93 bits per heavy atom. The smallest absolute Gasteiger partial charge is 0.243 e. The van der Waals surface area contributed by atoms with Crippen LogP contribution >= 0.6 is 11.3 Å². The first kappa shape index (κ1) is 18.8. The fourth-order valence-electron chi connectivity index (χ4n) is 3.10. The van der Waals surface area contributed by atoms with Crippen molar-refractivity contribution in [2.75, 3.05) is 7.05 Å². The first-order valence-corrected chi connectivity index (χ1v) is 11.1. The Balaban J connectivity index is 1.54. The Hall–Kier alpha value is -2.55. The highest BCUT2D eigenvalue weighted by Gasteiger charge is 2.21. The number of aromatic amines is 1. The second-order valence-corrected chi connectivity index (χ2v) is 9.71. The van der Waals surface area contributed by atoms with E-state index in [0.717, 1.165) is 33.0 Å². The number of imidazole rings is 1. The van der Waals surface area contributed by atoms with Crippen LogP contribution in [0.25, 0.3) is 11.0 Å². The molecule has 0 aliphatic carbocycles. The van der Waals surface area contributed by atoms with Gasteiger partial charge < -0.3 is 4.98 Å². The SMILES string of the molecule is Cc1nc2c(Cc3ccc(S(=O)(=O)N(C)Cc4cccs4)cc3)nccc2[nH]1. The van der Waals surface area contributed by atoms with E-state index >= 15 is 0 Å². The van der Waals surface area contributed by atoms with Crippen molar-refractivity contribution in [3.8, 4) is 0 Å². The van der Waals surface area contributed by atoms with Crippen LogP contribution < -0.4 is 0 Å². The molecular formula is C20H20N4O2S2. The van der Waals surface area contributed by atoms with Crippen molar-refractivity contribution in [1.82, 2.24) is 19.3 Å². The number of hydrogen-bond donors (Lipinski definition) is 1. The number of benzene rings is 1. The minimum Gasteiger partial charge on any atom is -0.342 e. The Bertz CT molecular complexity index is 1200. The van der Waals surface area contributed by atoms with E-state index in [4.69, 9.17) is 0 Å². The van der Waals surface area contributed by atoms with Gasteiger partial charge >= 0.3 is 0 Å². The number of aromatic nitrogens is 3. The van der Waals surface area contributed by atoms with Gasteiger partial charge in [-0.3, -0.25) is 4.98 Å². The number of hydrogen-bond acceptors (Lipinski definition) is 5. The van der Waals surface area contributed by atoms with Gasteiger partial charge in [-0.1, -0.05) is 18.2 Å².